The Morgan fingerprint density at radius 1 is 1.45 bits per heavy atom. The first-order valence-corrected chi connectivity index (χ1v) is 8.78. The summed E-state index contributed by atoms with van der Waals surface area (Å²) < 4.78 is 6.22. The molecule has 4 nitrogen and oxygen atoms in total. The maximum Gasteiger partial charge on any atom is 0.255 e. The van der Waals surface area contributed by atoms with Crippen molar-refractivity contribution in [1.29, 1.82) is 0 Å². The van der Waals surface area contributed by atoms with Crippen molar-refractivity contribution in [2.24, 2.45) is 0 Å². The maximum absolute atomic E-state index is 12.6. The lowest BCUT2D eigenvalue weighted by Gasteiger charge is -2.23. The van der Waals surface area contributed by atoms with Gasteiger partial charge >= 0.3 is 0 Å². The molecular weight excluding hydrogens is 344 g/mol. The minimum atomic E-state index is -0.0594. The zero-order valence-corrected chi connectivity index (χ0v) is 15.2. The predicted octanol–water partition coefficient (Wildman–Crippen LogP) is 3.23. The summed E-state index contributed by atoms with van der Waals surface area (Å²) in [4.78, 5) is 15.0. The standard InChI is InChI=1S/C17H25BrN2O2/c1-4-12-9-14(16(22-3)15(18)10-12)17(21)19-11-13-7-6-8-20(13)5-2/h9-10,13H,4-8,11H2,1-3H3,(H,19,21)/t13-/m0/s1. The number of carbonyl (C=O) groups is 1. The number of ether oxygens (including phenoxy) is 1. The molecule has 1 aliphatic heterocycles. The van der Waals surface area contributed by atoms with Crippen molar-refractivity contribution >= 4 is 21.8 Å². The lowest BCUT2D eigenvalue weighted by molar-refractivity contribution is 0.0938. The molecule has 1 aliphatic rings. The Morgan fingerprint density at radius 2 is 2.23 bits per heavy atom. The van der Waals surface area contributed by atoms with Gasteiger partial charge in [0.05, 0.1) is 17.1 Å². The Balaban J connectivity index is 2.10. The van der Waals surface area contributed by atoms with Crippen LogP contribution in [-0.4, -0.2) is 43.6 Å². The number of nitrogens with zero attached hydrogens (tertiary/aromatic N) is 1. The van der Waals surface area contributed by atoms with Crippen molar-refractivity contribution in [3.05, 3.63) is 27.7 Å². The van der Waals surface area contributed by atoms with E-state index in [0.29, 0.717) is 23.9 Å². The van der Waals surface area contributed by atoms with Crippen molar-refractivity contribution in [2.45, 2.75) is 39.2 Å². The zero-order valence-electron chi connectivity index (χ0n) is 13.6. The molecule has 1 heterocycles. The number of likely N-dealkylation sites (N-methyl/N-ethyl adjacent to an activating group) is 1. The van der Waals surface area contributed by atoms with E-state index in [2.05, 4.69) is 40.0 Å². The molecular formula is C17H25BrN2O2. The number of nitrogens with one attached hydrogen (secondary N) is 1. The first kappa shape index (κ1) is 17.3. The summed E-state index contributed by atoms with van der Waals surface area (Å²) in [5.41, 5.74) is 1.73. The number of amides is 1. The fourth-order valence-electron chi connectivity index (χ4n) is 3.08. The van der Waals surface area contributed by atoms with Crippen LogP contribution in [0.15, 0.2) is 16.6 Å². The maximum atomic E-state index is 12.6. The highest BCUT2D eigenvalue weighted by Gasteiger charge is 2.24. The number of halogens is 1. The monoisotopic (exact) mass is 368 g/mol. The summed E-state index contributed by atoms with van der Waals surface area (Å²) in [6, 6.07) is 4.38. The van der Waals surface area contributed by atoms with Crippen LogP contribution in [0.4, 0.5) is 0 Å². The van der Waals surface area contributed by atoms with E-state index in [0.717, 1.165) is 36.0 Å². The average Bonchev–Trinajstić information content (AvgIpc) is 2.99. The zero-order chi connectivity index (χ0) is 16.1. The normalized spacial score (nSPS) is 18.5. The fourth-order valence-corrected chi connectivity index (χ4v) is 3.75. The second-order valence-electron chi connectivity index (χ2n) is 5.65. The molecule has 5 heteroatoms. The Labute approximate surface area is 141 Å². The molecule has 22 heavy (non-hydrogen) atoms. The molecule has 0 radical (unpaired) electrons. The number of hydrogen-bond acceptors (Lipinski definition) is 3. The van der Waals surface area contributed by atoms with Crippen molar-refractivity contribution in [3.8, 4) is 5.75 Å². The highest BCUT2D eigenvalue weighted by molar-refractivity contribution is 9.10. The van der Waals surface area contributed by atoms with Gasteiger partial charge in [-0.05, 0) is 66.0 Å². The molecule has 0 unspecified atom stereocenters. The molecule has 1 aromatic carbocycles. The van der Waals surface area contributed by atoms with Crippen LogP contribution < -0.4 is 10.1 Å². The topological polar surface area (TPSA) is 41.6 Å². The van der Waals surface area contributed by atoms with E-state index in [1.54, 1.807) is 7.11 Å². The van der Waals surface area contributed by atoms with Gasteiger partial charge in [-0.3, -0.25) is 9.69 Å². The van der Waals surface area contributed by atoms with Crippen LogP contribution in [0, 0.1) is 0 Å². The first-order valence-electron chi connectivity index (χ1n) is 7.99. The first-order chi connectivity index (χ1) is 10.6. The number of rotatable bonds is 6. The van der Waals surface area contributed by atoms with E-state index in [9.17, 15) is 4.79 Å². The SMILES string of the molecule is CCc1cc(Br)c(OC)c(C(=O)NC[C@@H]2CCCN2CC)c1. The largest absolute Gasteiger partial charge is 0.495 e. The third-order valence-corrected chi connectivity index (χ3v) is 4.95. The highest BCUT2D eigenvalue weighted by Crippen LogP contribution is 2.31. The molecule has 0 aromatic heterocycles. The van der Waals surface area contributed by atoms with Gasteiger partial charge < -0.3 is 10.1 Å². The second kappa shape index (κ2) is 7.97. The number of benzene rings is 1. The Bertz CT molecular complexity index is 534. The highest BCUT2D eigenvalue weighted by atomic mass is 79.9. The summed E-state index contributed by atoms with van der Waals surface area (Å²) in [7, 11) is 1.60. The van der Waals surface area contributed by atoms with Gasteiger partial charge in [0.2, 0.25) is 0 Å². The molecule has 1 fully saturated rings. The number of aryl methyl sites for hydroxylation is 1. The van der Waals surface area contributed by atoms with E-state index >= 15 is 0 Å². The van der Waals surface area contributed by atoms with Crippen molar-refractivity contribution in [2.75, 3.05) is 26.7 Å². The summed E-state index contributed by atoms with van der Waals surface area (Å²) in [6.07, 6.45) is 3.26. The van der Waals surface area contributed by atoms with Gasteiger partial charge in [0.25, 0.3) is 5.91 Å². The number of carbonyl (C=O) groups excluding carboxylic acids is 1. The summed E-state index contributed by atoms with van der Waals surface area (Å²) in [5.74, 6) is 0.546. The molecule has 1 saturated heterocycles. The Kier molecular flexibility index (Phi) is 6.26. The molecule has 1 aromatic rings. The van der Waals surface area contributed by atoms with Crippen LogP contribution in [0.5, 0.6) is 5.75 Å². The molecule has 122 valence electrons. The quantitative estimate of drug-likeness (QED) is 0.837. The van der Waals surface area contributed by atoms with Crippen molar-refractivity contribution in [1.82, 2.24) is 10.2 Å². The van der Waals surface area contributed by atoms with Gasteiger partial charge in [0.15, 0.2) is 0 Å². The smallest absolute Gasteiger partial charge is 0.255 e. The van der Waals surface area contributed by atoms with E-state index in [1.807, 2.05) is 12.1 Å². The van der Waals surface area contributed by atoms with E-state index < -0.39 is 0 Å². The van der Waals surface area contributed by atoms with Crippen LogP contribution in [0.2, 0.25) is 0 Å². The molecule has 1 amide bonds. The lowest BCUT2D eigenvalue weighted by Crippen LogP contribution is -2.40. The van der Waals surface area contributed by atoms with E-state index in [1.165, 1.54) is 6.42 Å². The van der Waals surface area contributed by atoms with Gasteiger partial charge in [-0.25, -0.2) is 0 Å². The van der Waals surface area contributed by atoms with Crippen LogP contribution in [0.1, 0.15) is 42.6 Å². The third kappa shape index (κ3) is 3.82. The molecule has 0 saturated carbocycles. The summed E-state index contributed by atoms with van der Waals surface area (Å²) in [6.45, 7) is 7.13. The molecule has 0 aliphatic carbocycles. The number of methoxy groups -OCH3 is 1. The Hall–Kier alpha value is -1.07. The van der Waals surface area contributed by atoms with Gasteiger partial charge in [-0.2, -0.15) is 0 Å². The average molecular weight is 369 g/mol. The van der Waals surface area contributed by atoms with Crippen LogP contribution in [-0.2, 0) is 6.42 Å². The molecule has 2 rings (SSSR count). The van der Waals surface area contributed by atoms with Crippen molar-refractivity contribution < 1.29 is 9.53 Å². The van der Waals surface area contributed by atoms with Crippen LogP contribution in [0.3, 0.4) is 0 Å². The van der Waals surface area contributed by atoms with Crippen LogP contribution >= 0.6 is 15.9 Å². The molecule has 0 bridgehead atoms. The van der Waals surface area contributed by atoms with E-state index in [-0.39, 0.29) is 5.91 Å². The third-order valence-electron chi connectivity index (χ3n) is 4.36. The molecule has 1 atom stereocenters. The fraction of sp³-hybridized carbons (Fsp3) is 0.588. The van der Waals surface area contributed by atoms with Gasteiger partial charge in [0, 0.05) is 12.6 Å². The van der Waals surface area contributed by atoms with Gasteiger partial charge in [0.1, 0.15) is 5.75 Å². The number of likely N-dealkylation sites (tertiary alicyclic amines) is 1. The van der Waals surface area contributed by atoms with E-state index in [4.69, 9.17) is 4.74 Å². The minimum absolute atomic E-state index is 0.0594. The van der Waals surface area contributed by atoms with Gasteiger partial charge in [-0.15, -0.1) is 0 Å². The number of hydrogen-bond donors (Lipinski definition) is 1. The van der Waals surface area contributed by atoms with Crippen molar-refractivity contribution in [3.63, 3.8) is 0 Å². The van der Waals surface area contributed by atoms with Crippen LogP contribution in [0.25, 0.3) is 0 Å². The predicted molar refractivity (Wildman–Crippen MR) is 92.7 cm³/mol. The molecule has 0 spiro atoms. The Morgan fingerprint density at radius 3 is 2.86 bits per heavy atom. The lowest BCUT2D eigenvalue weighted by atomic mass is 10.1. The summed E-state index contributed by atoms with van der Waals surface area (Å²) >= 11 is 3.49. The second-order valence-corrected chi connectivity index (χ2v) is 6.50. The van der Waals surface area contributed by atoms with Gasteiger partial charge in [-0.1, -0.05) is 13.8 Å². The molecule has 1 N–H and O–H groups in total. The minimum Gasteiger partial charge on any atom is -0.495 e. The summed E-state index contributed by atoms with van der Waals surface area (Å²) in [5, 5.41) is 3.08.